The van der Waals surface area contributed by atoms with Gasteiger partial charge in [0.25, 0.3) is 5.91 Å². The Morgan fingerprint density at radius 3 is 2.78 bits per heavy atom. The number of hydrogen-bond acceptors (Lipinski definition) is 4. The van der Waals surface area contributed by atoms with Gasteiger partial charge in [0, 0.05) is 38.9 Å². The molecule has 0 radical (unpaired) electrons. The molecule has 5 nitrogen and oxygen atoms in total. The number of pyridine rings is 1. The molecule has 1 aliphatic rings. The monoisotopic (exact) mass is 248 g/mol. The molecule has 1 aromatic rings. The highest BCUT2D eigenvalue weighted by Gasteiger charge is 2.22. The fourth-order valence-electron chi connectivity index (χ4n) is 2.09. The number of aromatic nitrogens is 1. The Labute approximate surface area is 108 Å². The van der Waals surface area contributed by atoms with Crippen molar-refractivity contribution in [1.82, 2.24) is 14.8 Å². The molecule has 5 heteroatoms. The van der Waals surface area contributed by atoms with Crippen LogP contribution in [-0.4, -0.2) is 60.5 Å². The van der Waals surface area contributed by atoms with Gasteiger partial charge < -0.3 is 15.1 Å². The van der Waals surface area contributed by atoms with E-state index in [1.54, 1.807) is 18.5 Å². The van der Waals surface area contributed by atoms with Gasteiger partial charge in [0.2, 0.25) is 0 Å². The van der Waals surface area contributed by atoms with Crippen LogP contribution in [0.1, 0.15) is 17.3 Å². The first-order valence-electron chi connectivity index (χ1n) is 6.38. The van der Waals surface area contributed by atoms with E-state index in [2.05, 4.69) is 22.2 Å². The van der Waals surface area contributed by atoms with Crippen molar-refractivity contribution in [2.45, 2.75) is 6.92 Å². The maximum Gasteiger partial charge on any atom is 0.256 e. The Kier molecular flexibility index (Phi) is 4.15. The molecule has 1 aromatic heterocycles. The smallest absolute Gasteiger partial charge is 0.256 e. The predicted octanol–water partition coefficient (Wildman–Crippen LogP) is 0.901. The van der Waals surface area contributed by atoms with Gasteiger partial charge in [-0.3, -0.25) is 9.78 Å². The Morgan fingerprint density at radius 1 is 1.39 bits per heavy atom. The first-order chi connectivity index (χ1) is 8.72. The summed E-state index contributed by atoms with van der Waals surface area (Å²) in [4.78, 5) is 20.7. The standard InChI is InChI=1S/C13H20N4O/c1-3-15-12-10-14-5-4-11(12)13(18)17-8-6-16(2)7-9-17/h4-5,10,15H,3,6-9H2,1-2H3. The van der Waals surface area contributed by atoms with E-state index in [0.717, 1.165) is 44.0 Å². The van der Waals surface area contributed by atoms with Crippen LogP contribution >= 0.6 is 0 Å². The second-order valence-electron chi connectivity index (χ2n) is 4.55. The number of anilines is 1. The fraction of sp³-hybridized carbons (Fsp3) is 0.538. The van der Waals surface area contributed by atoms with E-state index in [-0.39, 0.29) is 5.91 Å². The second kappa shape index (κ2) is 5.82. The van der Waals surface area contributed by atoms with Crippen molar-refractivity contribution in [2.24, 2.45) is 0 Å². The molecule has 18 heavy (non-hydrogen) atoms. The number of amides is 1. The maximum atomic E-state index is 12.4. The van der Waals surface area contributed by atoms with Crippen LogP contribution in [-0.2, 0) is 0 Å². The van der Waals surface area contributed by atoms with Crippen LogP contribution in [0.2, 0.25) is 0 Å². The number of carbonyl (C=O) groups is 1. The molecule has 1 saturated heterocycles. The minimum atomic E-state index is 0.0986. The highest BCUT2D eigenvalue weighted by molar-refractivity contribution is 5.99. The zero-order valence-electron chi connectivity index (χ0n) is 11.0. The van der Waals surface area contributed by atoms with E-state index < -0.39 is 0 Å². The van der Waals surface area contributed by atoms with Crippen molar-refractivity contribution in [2.75, 3.05) is 45.1 Å². The topological polar surface area (TPSA) is 48.5 Å². The summed E-state index contributed by atoms with van der Waals surface area (Å²) in [5.41, 5.74) is 1.54. The molecule has 0 aliphatic carbocycles. The van der Waals surface area contributed by atoms with Crippen LogP contribution in [0.5, 0.6) is 0 Å². The van der Waals surface area contributed by atoms with Crippen molar-refractivity contribution in [3.63, 3.8) is 0 Å². The third-order valence-corrected chi connectivity index (χ3v) is 3.21. The van der Waals surface area contributed by atoms with Gasteiger partial charge in [0.15, 0.2) is 0 Å². The van der Waals surface area contributed by atoms with Gasteiger partial charge in [0.05, 0.1) is 17.4 Å². The van der Waals surface area contributed by atoms with Gasteiger partial charge in [-0.05, 0) is 20.0 Å². The molecule has 0 spiro atoms. The normalized spacial score (nSPS) is 16.7. The van der Waals surface area contributed by atoms with Gasteiger partial charge in [-0.15, -0.1) is 0 Å². The van der Waals surface area contributed by atoms with E-state index in [9.17, 15) is 4.79 Å². The van der Waals surface area contributed by atoms with Gasteiger partial charge in [-0.2, -0.15) is 0 Å². The van der Waals surface area contributed by atoms with Gasteiger partial charge >= 0.3 is 0 Å². The molecule has 0 aromatic carbocycles. The van der Waals surface area contributed by atoms with Crippen LogP contribution < -0.4 is 5.32 Å². The molecule has 1 fully saturated rings. The van der Waals surface area contributed by atoms with E-state index in [4.69, 9.17) is 0 Å². The zero-order chi connectivity index (χ0) is 13.0. The lowest BCUT2D eigenvalue weighted by Crippen LogP contribution is -2.47. The highest BCUT2D eigenvalue weighted by atomic mass is 16.2. The molecule has 1 N–H and O–H groups in total. The number of carbonyl (C=O) groups excluding carboxylic acids is 1. The van der Waals surface area contributed by atoms with E-state index in [1.807, 2.05) is 11.8 Å². The van der Waals surface area contributed by atoms with Crippen LogP contribution in [0.25, 0.3) is 0 Å². The molecule has 1 aliphatic heterocycles. The molecular weight excluding hydrogens is 228 g/mol. The molecular formula is C13H20N4O. The summed E-state index contributed by atoms with van der Waals surface area (Å²) in [7, 11) is 2.08. The number of likely N-dealkylation sites (N-methyl/N-ethyl adjacent to an activating group) is 1. The Morgan fingerprint density at radius 2 is 2.11 bits per heavy atom. The lowest BCUT2D eigenvalue weighted by Gasteiger charge is -2.32. The average Bonchev–Trinajstić information content (AvgIpc) is 2.40. The highest BCUT2D eigenvalue weighted by Crippen LogP contribution is 2.16. The lowest BCUT2D eigenvalue weighted by molar-refractivity contribution is 0.0665. The molecule has 0 atom stereocenters. The number of rotatable bonds is 3. The van der Waals surface area contributed by atoms with Crippen LogP contribution in [0.3, 0.4) is 0 Å². The number of nitrogens with zero attached hydrogens (tertiary/aromatic N) is 3. The minimum Gasteiger partial charge on any atom is -0.383 e. The van der Waals surface area contributed by atoms with Crippen molar-refractivity contribution in [3.8, 4) is 0 Å². The van der Waals surface area contributed by atoms with Crippen molar-refractivity contribution in [1.29, 1.82) is 0 Å². The van der Waals surface area contributed by atoms with Gasteiger partial charge in [0.1, 0.15) is 0 Å². The fourth-order valence-corrected chi connectivity index (χ4v) is 2.09. The van der Waals surface area contributed by atoms with Gasteiger partial charge in [-0.1, -0.05) is 0 Å². The Balaban J connectivity index is 2.13. The summed E-state index contributed by atoms with van der Waals surface area (Å²) >= 11 is 0. The third kappa shape index (κ3) is 2.79. The Bertz CT molecular complexity index is 413. The van der Waals surface area contributed by atoms with Crippen molar-refractivity contribution in [3.05, 3.63) is 24.0 Å². The number of piperazine rings is 1. The Hall–Kier alpha value is -1.62. The molecule has 2 heterocycles. The SMILES string of the molecule is CCNc1cnccc1C(=O)N1CCN(C)CC1. The molecule has 0 saturated carbocycles. The minimum absolute atomic E-state index is 0.0986. The largest absolute Gasteiger partial charge is 0.383 e. The van der Waals surface area contributed by atoms with E-state index in [0.29, 0.717) is 0 Å². The molecule has 0 unspecified atom stereocenters. The van der Waals surface area contributed by atoms with Crippen LogP contribution in [0.4, 0.5) is 5.69 Å². The van der Waals surface area contributed by atoms with Crippen LogP contribution in [0, 0.1) is 0 Å². The maximum absolute atomic E-state index is 12.4. The summed E-state index contributed by atoms with van der Waals surface area (Å²) < 4.78 is 0. The lowest BCUT2D eigenvalue weighted by atomic mass is 10.2. The molecule has 2 rings (SSSR count). The summed E-state index contributed by atoms with van der Waals surface area (Å²) in [6, 6.07) is 1.79. The van der Waals surface area contributed by atoms with E-state index in [1.165, 1.54) is 0 Å². The predicted molar refractivity (Wildman–Crippen MR) is 71.8 cm³/mol. The summed E-state index contributed by atoms with van der Waals surface area (Å²) in [5.74, 6) is 0.0986. The molecule has 1 amide bonds. The second-order valence-corrected chi connectivity index (χ2v) is 4.55. The summed E-state index contributed by atoms with van der Waals surface area (Å²) in [6.07, 6.45) is 3.39. The molecule has 98 valence electrons. The van der Waals surface area contributed by atoms with E-state index >= 15 is 0 Å². The zero-order valence-corrected chi connectivity index (χ0v) is 11.0. The van der Waals surface area contributed by atoms with Crippen LogP contribution in [0.15, 0.2) is 18.5 Å². The average molecular weight is 248 g/mol. The summed E-state index contributed by atoms with van der Waals surface area (Å²) in [6.45, 7) is 6.26. The first kappa shape index (κ1) is 12.8. The van der Waals surface area contributed by atoms with Gasteiger partial charge in [-0.25, -0.2) is 0 Å². The number of nitrogens with one attached hydrogen (secondary N) is 1. The quantitative estimate of drug-likeness (QED) is 0.863. The van der Waals surface area contributed by atoms with Crippen molar-refractivity contribution < 1.29 is 4.79 Å². The first-order valence-corrected chi connectivity index (χ1v) is 6.38. The third-order valence-electron chi connectivity index (χ3n) is 3.21. The molecule has 0 bridgehead atoms. The number of hydrogen-bond donors (Lipinski definition) is 1. The summed E-state index contributed by atoms with van der Waals surface area (Å²) in [5, 5.41) is 3.18. The van der Waals surface area contributed by atoms with Crippen molar-refractivity contribution >= 4 is 11.6 Å².